The molecule has 0 unspecified atom stereocenters. The monoisotopic (exact) mass is 533 g/mol. The zero-order chi connectivity index (χ0) is 27.3. The van der Waals surface area contributed by atoms with E-state index in [0.717, 1.165) is 11.8 Å². The molecule has 202 valence electrons. The number of sulfonamides is 1. The summed E-state index contributed by atoms with van der Waals surface area (Å²) in [5, 5.41) is 18.9. The number of carbonyl (C=O) groups is 2. The maximum absolute atomic E-state index is 13.2. The number of hydrogen-bond donors (Lipinski definition) is 3. The van der Waals surface area contributed by atoms with Crippen LogP contribution in [0.25, 0.3) is 0 Å². The van der Waals surface area contributed by atoms with Gasteiger partial charge in [0, 0.05) is 36.8 Å². The van der Waals surface area contributed by atoms with Gasteiger partial charge in [0.15, 0.2) is 0 Å². The van der Waals surface area contributed by atoms with Gasteiger partial charge in [-0.05, 0) is 49.9 Å². The predicted molar refractivity (Wildman–Crippen MR) is 140 cm³/mol. The third-order valence-corrected chi connectivity index (χ3v) is 6.97. The van der Waals surface area contributed by atoms with Crippen molar-refractivity contribution in [3.05, 3.63) is 59.2 Å². The molecular weight excluding hydrogens is 498 g/mol. The number of ether oxygens (including phenoxy) is 1. The van der Waals surface area contributed by atoms with Crippen molar-refractivity contribution in [2.24, 2.45) is 5.92 Å². The Morgan fingerprint density at radius 3 is 2.51 bits per heavy atom. The number of fused-ring (bicyclic) bond motifs is 1. The lowest BCUT2D eigenvalue weighted by Gasteiger charge is -2.34. The van der Waals surface area contributed by atoms with Gasteiger partial charge in [-0.25, -0.2) is 13.2 Å². The van der Waals surface area contributed by atoms with E-state index in [2.05, 4.69) is 9.62 Å². The van der Waals surface area contributed by atoms with E-state index in [-0.39, 0.29) is 42.6 Å². The molecule has 1 amide bonds. The van der Waals surface area contributed by atoms with Crippen molar-refractivity contribution >= 4 is 27.6 Å². The highest BCUT2D eigenvalue weighted by atomic mass is 32.2. The maximum atomic E-state index is 13.2. The molecule has 0 bridgehead atoms. The van der Waals surface area contributed by atoms with Crippen molar-refractivity contribution in [1.29, 1.82) is 0 Å². The number of carbonyl (C=O) groups excluding carboxylic acids is 1. The molecule has 0 aliphatic carbocycles. The molecule has 0 saturated carbocycles. The van der Waals surface area contributed by atoms with Crippen molar-refractivity contribution in [1.82, 2.24) is 9.80 Å². The molecule has 3 atom stereocenters. The van der Waals surface area contributed by atoms with Crippen LogP contribution in [-0.2, 0) is 27.8 Å². The molecule has 1 aliphatic heterocycles. The lowest BCUT2D eigenvalue weighted by Crippen LogP contribution is -2.47. The molecule has 1 aliphatic rings. The number of hydrogen-bond acceptors (Lipinski definition) is 7. The van der Waals surface area contributed by atoms with Crippen LogP contribution < -0.4 is 9.46 Å². The number of aliphatic hydroxyl groups is 1. The lowest BCUT2D eigenvalue weighted by molar-refractivity contribution is -0.134. The lowest BCUT2D eigenvalue weighted by atomic mass is 10.0. The summed E-state index contributed by atoms with van der Waals surface area (Å²) in [6.45, 7) is 5.06. The molecule has 11 heteroatoms. The number of carboxylic acids is 1. The average Bonchev–Trinajstić information content (AvgIpc) is 2.86. The van der Waals surface area contributed by atoms with Gasteiger partial charge in [0.25, 0.3) is 0 Å². The third-order valence-electron chi connectivity index (χ3n) is 6.36. The molecule has 10 nitrogen and oxygen atoms in total. The van der Waals surface area contributed by atoms with Gasteiger partial charge in [-0.2, -0.15) is 0 Å². The largest absolute Gasteiger partial charge is 0.488 e. The number of nitrogens with one attached hydrogen (secondary N) is 1. The molecular formula is C26H35N3O7S. The second-order valence-corrected chi connectivity index (χ2v) is 11.5. The second kappa shape index (κ2) is 11.9. The molecule has 0 aromatic heterocycles. The SMILES string of the molecule is C[C@H]1CN([C@@H](C)CO)C(=O)Cc2cc(NS(C)(=O)=O)ccc2O[C@@H]1CN(C)Cc1ccc(C(=O)O)cc1. The van der Waals surface area contributed by atoms with Gasteiger partial charge in [-0.3, -0.25) is 14.4 Å². The number of amides is 1. The van der Waals surface area contributed by atoms with E-state index in [4.69, 9.17) is 9.84 Å². The van der Waals surface area contributed by atoms with Gasteiger partial charge in [0.1, 0.15) is 11.9 Å². The normalized spacial score (nSPS) is 19.3. The topological polar surface area (TPSA) is 136 Å². The fourth-order valence-electron chi connectivity index (χ4n) is 4.36. The highest BCUT2D eigenvalue weighted by molar-refractivity contribution is 7.92. The van der Waals surface area contributed by atoms with Crippen LogP contribution in [0.5, 0.6) is 5.75 Å². The number of carboxylic acid groups (broad SMARTS) is 1. The number of rotatable bonds is 9. The second-order valence-electron chi connectivity index (χ2n) is 9.78. The summed E-state index contributed by atoms with van der Waals surface area (Å²) in [7, 11) is -1.56. The van der Waals surface area contributed by atoms with Crippen molar-refractivity contribution in [3.8, 4) is 5.75 Å². The molecule has 2 aromatic rings. The van der Waals surface area contributed by atoms with Gasteiger partial charge in [0.2, 0.25) is 15.9 Å². The number of aromatic carboxylic acids is 1. The zero-order valence-electron chi connectivity index (χ0n) is 21.5. The van der Waals surface area contributed by atoms with Gasteiger partial charge >= 0.3 is 5.97 Å². The van der Waals surface area contributed by atoms with Crippen LogP contribution in [0.3, 0.4) is 0 Å². The standard InChI is InChI=1S/C26H35N3O7S/c1-17-13-29(18(2)16-30)25(31)12-21-11-22(27-37(4,34)35)9-10-23(21)36-24(17)15-28(3)14-19-5-7-20(8-6-19)26(32)33/h5-11,17-18,24,27,30H,12-16H2,1-4H3,(H,32,33)/t17-,18-,24+/m0/s1. The Morgan fingerprint density at radius 1 is 1.24 bits per heavy atom. The smallest absolute Gasteiger partial charge is 0.335 e. The molecule has 3 N–H and O–H groups in total. The van der Waals surface area contributed by atoms with E-state index in [1.54, 1.807) is 54.3 Å². The molecule has 0 radical (unpaired) electrons. The number of nitrogens with zero attached hydrogens (tertiary/aromatic N) is 2. The molecule has 1 heterocycles. The van der Waals surface area contributed by atoms with Gasteiger partial charge in [-0.15, -0.1) is 0 Å². The first-order valence-electron chi connectivity index (χ1n) is 12.0. The van der Waals surface area contributed by atoms with E-state index >= 15 is 0 Å². The number of benzene rings is 2. The molecule has 0 spiro atoms. The summed E-state index contributed by atoms with van der Waals surface area (Å²) in [5.41, 5.74) is 2.07. The summed E-state index contributed by atoms with van der Waals surface area (Å²) < 4.78 is 32.3. The highest BCUT2D eigenvalue weighted by Gasteiger charge is 2.31. The summed E-state index contributed by atoms with van der Waals surface area (Å²) in [5.74, 6) is -0.740. The van der Waals surface area contributed by atoms with Crippen molar-refractivity contribution in [3.63, 3.8) is 0 Å². The van der Waals surface area contributed by atoms with E-state index < -0.39 is 16.0 Å². The van der Waals surface area contributed by atoms with Gasteiger partial charge in [0.05, 0.1) is 30.9 Å². The van der Waals surface area contributed by atoms with Crippen LogP contribution in [0.2, 0.25) is 0 Å². The fourth-order valence-corrected chi connectivity index (χ4v) is 4.92. The van der Waals surface area contributed by atoms with Crippen LogP contribution in [0, 0.1) is 5.92 Å². The number of anilines is 1. The highest BCUT2D eigenvalue weighted by Crippen LogP contribution is 2.29. The van der Waals surface area contributed by atoms with E-state index in [1.165, 1.54) is 0 Å². The molecule has 3 rings (SSSR count). The quantitative estimate of drug-likeness (QED) is 0.446. The fraction of sp³-hybridized carbons (Fsp3) is 0.462. The number of aliphatic hydroxyl groups excluding tert-OH is 1. The first-order valence-corrected chi connectivity index (χ1v) is 13.9. The first-order chi connectivity index (χ1) is 17.4. The van der Waals surface area contributed by atoms with Crippen LogP contribution in [0.4, 0.5) is 5.69 Å². The van der Waals surface area contributed by atoms with Gasteiger partial charge in [-0.1, -0.05) is 19.1 Å². The molecule has 0 saturated heterocycles. The molecule has 0 fully saturated rings. The zero-order valence-corrected chi connectivity index (χ0v) is 22.4. The first kappa shape index (κ1) is 28.4. The van der Waals surface area contributed by atoms with Gasteiger partial charge < -0.3 is 19.8 Å². The third kappa shape index (κ3) is 7.91. The minimum Gasteiger partial charge on any atom is -0.488 e. The Morgan fingerprint density at radius 2 is 1.92 bits per heavy atom. The maximum Gasteiger partial charge on any atom is 0.335 e. The minimum atomic E-state index is -3.50. The summed E-state index contributed by atoms with van der Waals surface area (Å²) in [6.07, 6.45) is 0.739. The Hall–Kier alpha value is -3.15. The van der Waals surface area contributed by atoms with E-state index in [9.17, 15) is 23.1 Å². The summed E-state index contributed by atoms with van der Waals surface area (Å²) >= 11 is 0. The number of likely N-dealkylation sites (N-methyl/N-ethyl adjacent to an activating group) is 1. The predicted octanol–water partition coefficient (Wildman–Crippen LogP) is 2.04. The summed E-state index contributed by atoms with van der Waals surface area (Å²) in [6, 6.07) is 11.2. The van der Waals surface area contributed by atoms with Crippen LogP contribution in [-0.4, -0.2) is 85.5 Å². The van der Waals surface area contributed by atoms with Crippen LogP contribution >= 0.6 is 0 Å². The summed E-state index contributed by atoms with van der Waals surface area (Å²) in [4.78, 5) is 28.1. The van der Waals surface area contributed by atoms with Crippen molar-refractivity contribution in [2.75, 3.05) is 37.7 Å². The Labute approximate surface area is 217 Å². The van der Waals surface area contributed by atoms with Crippen LogP contribution in [0.15, 0.2) is 42.5 Å². The Balaban J connectivity index is 1.88. The molecule has 37 heavy (non-hydrogen) atoms. The van der Waals surface area contributed by atoms with Crippen molar-refractivity contribution < 1.29 is 33.0 Å². The van der Waals surface area contributed by atoms with Crippen molar-refractivity contribution in [2.45, 2.75) is 39.0 Å². The Bertz CT molecular complexity index is 1220. The van der Waals surface area contributed by atoms with E-state index in [1.807, 2.05) is 14.0 Å². The average molecular weight is 534 g/mol. The minimum absolute atomic E-state index is 0.00413. The van der Waals surface area contributed by atoms with E-state index in [0.29, 0.717) is 36.6 Å². The Kier molecular flexibility index (Phi) is 9.16. The molecule has 2 aromatic carbocycles. The van der Waals surface area contributed by atoms with Crippen LogP contribution in [0.1, 0.15) is 35.3 Å².